The summed E-state index contributed by atoms with van der Waals surface area (Å²) in [5.74, 6) is 0.225. The molecular formula is C23H25N3OS. The second-order valence-electron chi connectivity index (χ2n) is 7.33. The van der Waals surface area contributed by atoms with Gasteiger partial charge in [0.05, 0.1) is 12.1 Å². The third kappa shape index (κ3) is 4.66. The number of hydrogen-bond donors (Lipinski definition) is 0. The molecule has 0 saturated carbocycles. The molecule has 1 saturated heterocycles. The molecule has 1 aliphatic heterocycles. The second-order valence-corrected chi connectivity index (χ2v) is 8.19. The average molecular weight is 392 g/mol. The number of carbonyl (C=O) groups excluding carboxylic acids is 1. The van der Waals surface area contributed by atoms with Crippen molar-refractivity contribution in [3.05, 3.63) is 76.8 Å². The Hall–Kier alpha value is -2.50. The molecule has 0 radical (unpaired) electrons. The molecule has 2 aromatic carbocycles. The average Bonchev–Trinajstić information content (AvgIpc) is 3.19. The SMILES string of the molecule is Cc1ccc(CC(=O)N2CCN(Cc3csc(-c4ccccc4)n3)CC2)cc1. The van der Waals surface area contributed by atoms with E-state index in [2.05, 4.69) is 53.6 Å². The maximum absolute atomic E-state index is 12.6. The summed E-state index contributed by atoms with van der Waals surface area (Å²) in [4.78, 5) is 21.7. The zero-order chi connectivity index (χ0) is 19.3. The van der Waals surface area contributed by atoms with E-state index in [4.69, 9.17) is 4.98 Å². The molecule has 0 spiro atoms. The van der Waals surface area contributed by atoms with Crippen LogP contribution in [0.3, 0.4) is 0 Å². The Kier molecular flexibility index (Phi) is 5.84. The maximum Gasteiger partial charge on any atom is 0.227 e. The van der Waals surface area contributed by atoms with Gasteiger partial charge in [-0.1, -0.05) is 60.2 Å². The van der Waals surface area contributed by atoms with E-state index < -0.39 is 0 Å². The van der Waals surface area contributed by atoms with Crippen LogP contribution in [-0.4, -0.2) is 46.9 Å². The maximum atomic E-state index is 12.6. The Labute approximate surface area is 170 Å². The lowest BCUT2D eigenvalue weighted by Gasteiger charge is -2.34. The number of thiazole rings is 1. The normalized spacial score (nSPS) is 15.0. The first kappa shape index (κ1) is 18.8. The van der Waals surface area contributed by atoms with Crippen LogP contribution in [0.2, 0.25) is 0 Å². The number of aromatic nitrogens is 1. The molecule has 144 valence electrons. The summed E-state index contributed by atoms with van der Waals surface area (Å²) in [6.45, 7) is 6.30. The molecule has 0 aliphatic carbocycles. The molecule has 0 bridgehead atoms. The summed E-state index contributed by atoms with van der Waals surface area (Å²) in [5, 5.41) is 3.22. The summed E-state index contributed by atoms with van der Waals surface area (Å²) in [6, 6.07) is 18.6. The predicted molar refractivity (Wildman–Crippen MR) is 114 cm³/mol. The van der Waals surface area contributed by atoms with Gasteiger partial charge in [-0.3, -0.25) is 9.69 Å². The third-order valence-electron chi connectivity index (χ3n) is 5.16. The van der Waals surface area contributed by atoms with Gasteiger partial charge >= 0.3 is 0 Å². The van der Waals surface area contributed by atoms with Crippen molar-refractivity contribution in [2.45, 2.75) is 19.9 Å². The van der Waals surface area contributed by atoms with E-state index in [1.54, 1.807) is 11.3 Å². The van der Waals surface area contributed by atoms with Crippen LogP contribution in [0.4, 0.5) is 0 Å². The Morgan fingerprint density at radius 2 is 1.71 bits per heavy atom. The quantitative estimate of drug-likeness (QED) is 0.659. The summed E-state index contributed by atoms with van der Waals surface area (Å²) in [5.41, 5.74) is 4.60. The number of amides is 1. The van der Waals surface area contributed by atoms with E-state index >= 15 is 0 Å². The molecule has 0 N–H and O–H groups in total. The zero-order valence-corrected chi connectivity index (χ0v) is 17.0. The number of nitrogens with zero attached hydrogens (tertiary/aromatic N) is 3. The van der Waals surface area contributed by atoms with E-state index in [1.807, 2.05) is 23.1 Å². The van der Waals surface area contributed by atoms with Gasteiger partial charge in [0.2, 0.25) is 5.91 Å². The third-order valence-corrected chi connectivity index (χ3v) is 6.10. The van der Waals surface area contributed by atoms with Crippen molar-refractivity contribution in [2.75, 3.05) is 26.2 Å². The first-order valence-electron chi connectivity index (χ1n) is 9.73. The van der Waals surface area contributed by atoms with Crippen molar-refractivity contribution in [3.8, 4) is 10.6 Å². The van der Waals surface area contributed by atoms with Crippen molar-refractivity contribution in [3.63, 3.8) is 0 Å². The van der Waals surface area contributed by atoms with Crippen molar-refractivity contribution in [1.29, 1.82) is 0 Å². The van der Waals surface area contributed by atoms with Crippen LogP contribution in [0.25, 0.3) is 10.6 Å². The van der Waals surface area contributed by atoms with Gasteiger partial charge in [-0.25, -0.2) is 4.98 Å². The van der Waals surface area contributed by atoms with E-state index in [1.165, 1.54) is 11.1 Å². The van der Waals surface area contributed by atoms with Crippen LogP contribution < -0.4 is 0 Å². The minimum Gasteiger partial charge on any atom is -0.340 e. The lowest BCUT2D eigenvalue weighted by Crippen LogP contribution is -2.48. The fraction of sp³-hybridized carbons (Fsp3) is 0.304. The summed E-state index contributed by atoms with van der Waals surface area (Å²) in [6.07, 6.45) is 0.493. The van der Waals surface area contributed by atoms with Gasteiger partial charge in [0.1, 0.15) is 5.01 Å². The lowest BCUT2D eigenvalue weighted by molar-refractivity contribution is -0.132. The number of carbonyl (C=O) groups is 1. The van der Waals surface area contributed by atoms with Crippen LogP contribution in [0.5, 0.6) is 0 Å². The first-order valence-corrected chi connectivity index (χ1v) is 10.6. The van der Waals surface area contributed by atoms with Crippen molar-refractivity contribution in [1.82, 2.24) is 14.8 Å². The highest BCUT2D eigenvalue weighted by Gasteiger charge is 2.21. The van der Waals surface area contributed by atoms with Crippen molar-refractivity contribution < 1.29 is 4.79 Å². The molecule has 28 heavy (non-hydrogen) atoms. The number of rotatable bonds is 5. The lowest BCUT2D eigenvalue weighted by atomic mass is 10.1. The molecule has 5 heteroatoms. The van der Waals surface area contributed by atoms with Crippen LogP contribution >= 0.6 is 11.3 Å². The number of aryl methyl sites for hydroxylation is 1. The van der Waals surface area contributed by atoms with E-state index in [0.29, 0.717) is 6.42 Å². The van der Waals surface area contributed by atoms with Gasteiger partial charge in [0, 0.05) is 43.7 Å². The Balaban J connectivity index is 1.28. The van der Waals surface area contributed by atoms with Gasteiger partial charge in [0.25, 0.3) is 0 Å². The van der Waals surface area contributed by atoms with Gasteiger partial charge in [0.15, 0.2) is 0 Å². The molecule has 3 aromatic rings. The van der Waals surface area contributed by atoms with Gasteiger partial charge < -0.3 is 4.90 Å². The minimum atomic E-state index is 0.225. The van der Waals surface area contributed by atoms with E-state index in [-0.39, 0.29) is 5.91 Å². The zero-order valence-electron chi connectivity index (χ0n) is 16.2. The van der Waals surface area contributed by atoms with Crippen LogP contribution in [0, 0.1) is 6.92 Å². The fourth-order valence-electron chi connectivity index (χ4n) is 3.47. The second kappa shape index (κ2) is 8.67. The van der Waals surface area contributed by atoms with Gasteiger partial charge in [-0.2, -0.15) is 0 Å². The number of hydrogen-bond acceptors (Lipinski definition) is 4. The Bertz CT molecular complexity index is 913. The standard InChI is InChI=1S/C23H25N3OS/c1-18-7-9-19(10-8-18)15-22(27)26-13-11-25(12-14-26)16-21-17-28-23(24-21)20-5-3-2-4-6-20/h2-10,17H,11-16H2,1H3. The Morgan fingerprint density at radius 1 is 1.00 bits per heavy atom. The van der Waals surface area contributed by atoms with Gasteiger partial charge in [-0.05, 0) is 12.5 Å². The highest BCUT2D eigenvalue weighted by atomic mass is 32.1. The molecule has 1 fully saturated rings. The summed E-state index contributed by atoms with van der Waals surface area (Å²) in [7, 11) is 0. The topological polar surface area (TPSA) is 36.4 Å². The molecule has 1 amide bonds. The van der Waals surface area contributed by atoms with Gasteiger partial charge in [-0.15, -0.1) is 11.3 Å². The number of benzene rings is 2. The van der Waals surface area contributed by atoms with Crippen LogP contribution in [-0.2, 0) is 17.8 Å². The molecule has 4 nitrogen and oxygen atoms in total. The first-order chi connectivity index (χ1) is 13.7. The molecule has 0 atom stereocenters. The number of piperazine rings is 1. The Morgan fingerprint density at radius 3 is 2.43 bits per heavy atom. The molecule has 4 rings (SSSR count). The molecule has 2 heterocycles. The van der Waals surface area contributed by atoms with Crippen molar-refractivity contribution in [2.24, 2.45) is 0 Å². The smallest absolute Gasteiger partial charge is 0.227 e. The molecule has 1 aliphatic rings. The van der Waals surface area contributed by atoms with Crippen LogP contribution in [0.1, 0.15) is 16.8 Å². The fourth-order valence-corrected chi connectivity index (χ4v) is 4.29. The molecule has 0 unspecified atom stereocenters. The predicted octanol–water partition coefficient (Wildman–Crippen LogP) is 4.01. The highest BCUT2D eigenvalue weighted by molar-refractivity contribution is 7.13. The van der Waals surface area contributed by atoms with E-state index in [9.17, 15) is 4.79 Å². The highest BCUT2D eigenvalue weighted by Crippen LogP contribution is 2.24. The largest absolute Gasteiger partial charge is 0.340 e. The summed E-state index contributed by atoms with van der Waals surface area (Å²) >= 11 is 1.70. The molecular weight excluding hydrogens is 366 g/mol. The van der Waals surface area contributed by atoms with E-state index in [0.717, 1.165) is 49.0 Å². The van der Waals surface area contributed by atoms with Crippen LogP contribution in [0.15, 0.2) is 60.0 Å². The molecule has 1 aromatic heterocycles. The monoisotopic (exact) mass is 391 g/mol. The summed E-state index contributed by atoms with van der Waals surface area (Å²) < 4.78 is 0. The minimum absolute atomic E-state index is 0.225. The van der Waals surface area contributed by atoms with Crippen molar-refractivity contribution >= 4 is 17.2 Å².